The van der Waals surface area contributed by atoms with E-state index in [-0.39, 0.29) is 11.9 Å². The van der Waals surface area contributed by atoms with E-state index in [0.717, 1.165) is 24.1 Å². The molecule has 5 nitrogen and oxygen atoms in total. The van der Waals surface area contributed by atoms with Gasteiger partial charge in [-0.1, -0.05) is 29.3 Å². The molecule has 4 rings (SSSR count). The van der Waals surface area contributed by atoms with Crippen LogP contribution in [0.3, 0.4) is 0 Å². The maximum Gasteiger partial charge on any atom is 0.254 e. The number of carbonyl (C=O) groups excluding carboxylic acids is 1. The van der Waals surface area contributed by atoms with E-state index in [1.807, 2.05) is 41.3 Å². The lowest BCUT2D eigenvalue weighted by Crippen LogP contribution is -2.32. The minimum absolute atomic E-state index is 0.0173. The third kappa shape index (κ3) is 3.59. The van der Waals surface area contributed by atoms with Gasteiger partial charge in [-0.15, -0.1) is 0 Å². The largest absolute Gasteiger partial charge is 0.331 e. The lowest BCUT2D eigenvalue weighted by molar-refractivity contribution is 0.0730. The van der Waals surface area contributed by atoms with Crippen LogP contribution in [0.5, 0.6) is 0 Å². The summed E-state index contributed by atoms with van der Waals surface area (Å²) in [6.45, 7) is 0.519. The summed E-state index contributed by atoms with van der Waals surface area (Å²) >= 11 is 12.1. The van der Waals surface area contributed by atoms with Gasteiger partial charge < -0.3 is 4.90 Å². The molecule has 0 atom stereocenters. The van der Waals surface area contributed by atoms with E-state index >= 15 is 0 Å². The van der Waals surface area contributed by atoms with Gasteiger partial charge in [0, 0.05) is 18.2 Å². The van der Waals surface area contributed by atoms with Gasteiger partial charge in [0.2, 0.25) is 0 Å². The first-order valence-corrected chi connectivity index (χ1v) is 9.07. The first-order valence-electron chi connectivity index (χ1n) is 8.32. The SMILES string of the molecule is O=C(c1ccc(-n2cncn2)cc1)N(Cc1ccc(Cl)c(Cl)c1)C1CC1. The molecular weight excluding hydrogens is 371 g/mol. The summed E-state index contributed by atoms with van der Waals surface area (Å²) in [5.74, 6) is 0.0173. The number of amides is 1. The molecule has 26 heavy (non-hydrogen) atoms. The number of nitrogens with zero attached hydrogens (tertiary/aromatic N) is 4. The van der Waals surface area contributed by atoms with Gasteiger partial charge >= 0.3 is 0 Å². The van der Waals surface area contributed by atoms with Gasteiger partial charge in [0.05, 0.1) is 15.7 Å². The van der Waals surface area contributed by atoms with Crippen molar-refractivity contribution in [2.75, 3.05) is 0 Å². The van der Waals surface area contributed by atoms with Crippen LogP contribution in [0.25, 0.3) is 5.69 Å². The first kappa shape index (κ1) is 17.1. The minimum Gasteiger partial charge on any atom is -0.331 e. The lowest BCUT2D eigenvalue weighted by atomic mass is 10.1. The molecule has 0 bridgehead atoms. The molecular formula is C19H16Cl2N4O. The Balaban J connectivity index is 1.54. The lowest BCUT2D eigenvalue weighted by Gasteiger charge is -2.23. The highest BCUT2D eigenvalue weighted by Crippen LogP contribution is 2.31. The molecule has 1 fully saturated rings. The van der Waals surface area contributed by atoms with Crippen LogP contribution < -0.4 is 0 Å². The van der Waals surface area contributed by atoms with Crippen LogP contribution in [0.1, 0.15) is 28.8 Å². The number of halogens is 2. The van der Waals surface area contributed by atoms with Crippen LogP contribution in [-0.2, 0) is 6.54 Å². The standard InChI is InChI=1S/C19H16Cl2N4O/c20-17-8-1-13(9-18(17)21)10-24(15-6-7-15)19(26)14-2-4-16(5-3-14)25-12-22-11-23-25/h1-5,8-9,11-12,15H,6-7,10H2. The van der Waals surface area contributed by atoms with Crippen LogP contribution >= 0.6 is 23.2 Å². The molecule has 0 N–H and O–H groups in total. The van der Waals surface area contributed by atoms with Gasteiger partial charge in [-0.3, -0.25) is 4.79 Å². The predicted molar refractivity (Wildman–Crippen MR) is 101 cm³/mol. The highest BCUT2D eigenvalue weighted by molar-refractivity contribution is 6.42. The molecule has 1 aliphatic carbocycles. The Kier molecular flexibility index (Phi) is 4.66. The average Bonchev–Trinajstić information content (AvgIpc) is 3.35. The highest BCUT2D eigenvalue weighted by Gasteiger charge is 2.33. The van der Waals surface area contributed by atoms with Crippen molar-refractivity contribution in [3.05, 3.63) is 76.3 Å². The van der Waals surface area contributed by atoms with Crippen LogP contribution in [0, 0.1) is 0 Å². The van der Waals surface area contributed by atoms with E-state index in [1.165, 1.54) is 6.33 Å². The van der Waals surface area contributed by atoms with Crippen molar-refractivity contribution in [3.8, 4) is 5.69 Å². The number of aromatic nitrogens is 3. The van der Waals surface area contributed by atoms with E-state index in [0.29, 0.717) is 22.2 Å². The molecule has 1 aromatic heterocycles. The molecule has 1 amide bonds. The Hall–Kier alpha value is -2.37. The summed E-state index contributed by atoms with van der Waals surface area (Å²) in [5, 5.41) is 5.11. The van der Waals surface area contributed by atoms with Crippen molar-refractivity contribution in [1.29, 1.82) is 0 Å². The summed E-state index contributed by atoms with van der Waals surface area (Å²) in [5.41, 5.74) is 2.49. The zero-order valence-corrected chi connectivity index (χ0v) is 15.4. The number of rotatable bonds is 5. The van der Waals surface area contributed by atoms with E-state index in [9.17, 15) is 4.79 Å². The second kappa shape index (κ2) is 7.09. The predicted octanol–water partition coefficient (Wildman–Crippen LogP) is 4.38. The fourth-order valence-electron chi connectivity index (χ4n) is 2.85. The van der Waals surface area contributed by atoms with E-state index < -0.39 is 0 Å². The third-order valence-electron chi connectivity index (χ3n) is 4.38. The van der Waals surface area contributed by atoms with Gasteiger partial charge in [-0.2, -0.15) is 5.10 Å². The average molecular weight is 387 g/mol. The summed E-state index contributed by atoms with van der Waals surface area (Å²) in [7, 11) is 0. The smallest absolute Gasteiger partial charge is 0.254 e. The second-order valence-corrected chi connectivity index (χ2v) is 7.11. The maximum atomic E-state index is 13.0. The molecule has 2 aromatic carbocycles. The monoisotopic (exact) mass is 386 g/mol. The maximum absolute atomic E-state index is 13.0. The fourth-order valence-corrected chi connectivity index (χ4v) is 3.17. The molecule has 132 valence electrons. The van der Waals surface area contributed by atoms with Crippen LogP contribution in [0.15, 0.2) is 55.1 Å². The normalized spacial score (nSPS) is 13.6. The van der Waals surface area contributed by atoms with E-state index in [1.54, 1.807) is 17.1 Å². The van der Waals surface area contributed by atoms with Crippen molar-refractivity contribution in [2.45, 2.75) is 25.4 Å². The van der Waals surface area contributed by atoms with Gasteiger partial charge in [0.25, 0.3) is 5.91 Å². The van der Waals surface area contributed by atoms with Gasteiger partial charge in [-0.25, -0.2) is 9.67 Å². The molecule has 1 heterocycles. The molecule has 7 heteroatoms. The molecule has 3 aromatic rings. The van der Waals surface area contributed by atoms with Gasteiger partial charge in [0.1, 0.15) is 12.7 Å². The van der Waals surface area contributed by atoms with E-state index in [4.69, 9.17) is 23.2 Å². The van der Waals surface area contributed by atoms with Crippen molar-refractivity contribution in [2.24, 2.45) is 0 Å². The van der Waals surface area contributed by atoms with Crippen molar-refractivity contribution in [3.63, 3.8) is 0 Å². The number of hydrogen-bond acceptors (Lipinski definition) is 3. The Morgan fingerprint density at radius 2 is 1.88 bits per heavy atom. The zero-order chi connectivity index (χ0) is 18.1. The van der Waals surface area contributed by atoms with Crippen LogP contribution in [0.4, 0.5) is 0 Å². The Labute approximate surface area is 161 Å². The summed E-state index contributed by atoms with van der Waals surface area (Å²) in [6, 6.07) is 13.2. The Morgan fingerprint density at radius 3 is 2.50 bits per heavy atom. The minimum atomic E-state index is 0.0173. The molecule has 0 saturated heterocycles. The first-order chi connectivity index (χ1) is 12.6. The quantitative estimate of drug-likeness (QED) is 0.653. The highest BCUT2D eigenvalue weighted by atomic mass is 35.5. The van der Waals surface area contributed by atoms with Crippen molar-refractivity contribution >= 4 is 29.1 Å². The van der Waals surface area contributed by atoms with Crippen LogP contribution in [0.2, 0.25) is 10.0 Å². The molecule has 1 saturated carbocycles. The third-order valence-corrected chi connectivity index (χ3v) is 5.12. The molecule has 0 spiro atoms. The second-order valence-electron chi connectivity index (χ2n) is 6.30. The Bertz CT molecular complexity index is 921. The summed E-state index contributed by atoms with van der Waals surface area (Å²) in [6.07, 6.45) is 5.16. The topological polar surface area (TPSA) is 51.0 Å². The van der Waals surface area contributed by atoms with Gasteiger partial charge in [-0.05, 0) is 54.8 Å². The number of benzene rings is 2. The molecule has 1 aliphatic rings. The zero-order valence-electron chi connectivity index (χ0n) is 13.8. The fraction of sp³-hybridized carbons (Fsp3) is 0.211. The van der Waals surface area contributed by atoms with Crippen molar-refractivity contribution in [1.82, 2.24) is 19.7 Å². The van der Waals surface area contributed by atoms with Gasteiger partial charge in [0.15, 0.2) is 0 Å². The van der Waals surface area contributed by atoms with E-state index in [2.05, 4.69) is 10.1 Å². The molecule has 0 radical (unpaired) electrons. The Morgan fingerprint density at radius 1 is 1.12 bits per heavy atom. The number of hydrogen-bond donors (Lipinski definition) is 0. The summed E-state index contributed by atoms with van der Waals surface area (Å²) in [4.78, 5) is 18.9. The number of carbonyl (C=O) groups is 1. The van der Waals surface area contributed by atoms with Crippen LogP contribution in [-0.4, -0.2) is 31.6 Å². The molecule has 0 aliphatic heterocycles. The summed E-state index contributed by atoms with van der Waals surface area (Å²) < 4.78 is 1.66. The molecule has 0 unspecified atom stereocenters. The van der Waals surface area contributed by atoms with Crippen molar-refractivity contribution < 1.29 is 4.79 Å².